The van der Waals surface area contributed by atoms with E-state index in [1.54, 1.807) is 0 Å². The molecule has 0 heterocycles. The average Bonchev–Trinajstić information content (AvgIpc) is 2.84. The fourth-order valence-electron chi connectivity index (χ4n) is 3.78. The normalized spacial score (nSPS) is 28.4. The van der Waals surface area contributed by atoms with Gasteiger partial charge in [-0.05, 0) is 19.9 Å². The van der Waals surface area contributed by atoms with Crippen LogP contribution < -0.4 is 10.1 Å². The van der Waals surface area contributed by atoms with E-state index in [4.69, 9.17) is 4.74 Å². The SMILES string of the molecule is CNC1CC(Oc2cc(F)cc(F)c2)C12CCCC2. The number of hydrogen-bond acceptors (Lipinski definition) is 2. The predicted molar refractivity (Wildman–Crippen MR) is 69.1 cm³/mol. The molecule has 0 aromatic heterocycles. The van der Waals surface area contributed by atoms with Crippen LogP contribution in [0, 0.1) is 17.0 Å². The monoisotopic (exact) mass is 267 g/mol. The molecule has 2 saturated carbocycles. The third kappa shape index (κ3) is 2.12. The molecule has 4 heteroatoms. The molecule has 1 spiro atoms. The molecule has 2 unspecified atom stereocenters. The first-order valence-electron chi connectivity index (χ1n) is 6.94. The van der Waals surface area contributed by atoms with Gasteiger partial charge in [0.25, 0.3) is 0 Å². The van der Waals surface area contributed by atoms with Crippen molar-refractivity contribution < 1.29 is 13.5 Å². The first-order chi connectivity index (χ1) is 9.14. The highest BCUT2D eigenvalue weighted by atomic mass is 19.1. The molecule has 0 amide bonds. The smallest absolute Gasteiger partial charge is 0.129 e. The van der Waals surface area contributed by atoms with Crippen molar-refractivity contribution in [2.45, 2.75) is 44.2 Å². The van der Waals surface area contributed by atoms with Gasteiger partial charge in [0.1, 0.15) is 23.5 Å². The van der Waals surface area contributed by atoms with Gasteiger partial charge in [0.15, 0.2) is 0 Å². The molecule has 1 aromatic carbocycles. The molecule has 2 atom stereocenters. The lowest BCUT2D eigenvalue weighted by Crippen LogP contribution is -2.63. The lowest BCUT2D eigenvalue weighted by Gasteiger charge is -2.53. The van der Waals surface area contributed by atoms with Gasteiger partial charge in [-0.2, -0.15) is 0 Å². The second-order valence-corrected chi connectivity index (χ2v) is 5.73. The zero-order chi connectivity index (χ0) is 13.5. The minimum absolute atomic E-state index is 0.0775. The van der Waals surface area contributed by atoms with Crippen molar-refractivity contribution in [1.82, 2.24) is 5.32 Å². The number of halogens is 2. The molecule has 2 nitrogen and oxygen atoms in total. The van der Waals surface area contributed by atoms with Gasteiger partial charge in [-0.1, -0.05) is 12.8 Å². The van der Waals surface area contributed by atoms with Gasteiger partial charge in [0.2, 0.25) is 0 Å². The highest BCUT2D eigenvalue weighted by Crippen LogP contribution is 2.54. The second kappa shape index (κ2) is 4.75. The highest BCUT2D eigenvalue weighted by Gasteiger charge is 2.57. The molecule has 104 valence electrons. The number of nitrogens with one attached hydrogen (secondary N) is 1. The molecule has 0 radical (unpaired) electrons. The van der Waals surface area contributed by atoms with Crippen LogP contribution >= 0.6 is 0 Å². The van der Waals surface area contributed by atoms with Gasteiger partial charge < -0.3 is 10.1 Å². The Morgan fingerprint density at radius 1 is 1.16 bits per heavy atom. The van der Waals surface area contributed by atoms with Crippen molar-refractivity contribution in [3.8, 4) is 5.75 Å². The summed E-state index contributed by atoms with van der Waals surface area (Å²) in [5.74, 6) is -0.858. The minimum Gasteiger partial charge on any atom is -0.490 e. The van der Waals surface area contributed by atoms with Crippen LogP contribution in [0.4, 0.5) is 8.78 Å². The Hall–Kier alpha value is -1.16. The maximum Gasteiger partial charge on any atom is 0.129 e. The summed E-state index contributed by atoms with van der Waals surface area (Å²) in [6.45, 7) is 0. The quantitative estimate of drug-likeness (QED) is 0.907. The Morgan fingerprint density at radius 2 is 1.79 bits per heavy atom. The van der Waals surface area contributed by atoms with Crippen LogP contribution in [0.5, 0.6) is 5.75 Å². The van der Waals surface area contributed by atoms with E-state index in [1.807, 2.05) is 7.05 Å². The Balaban J connectivity index is 1.76. The van der Waals surface area contributed by atoms with Crippen molar-refractivity contribution in [2.75, 3.05) is 7.05 Å². The molecule has 1 N–H and O–H groups in total. The Bertz CT molecular complexity index is 451. The molecule has 2 aliphatic carbocycles. The van der Waals surface area contributed by atoms with Crippen molar-refractivity contribution in [3.05, 3.63) is 29.8 Å². The van der Waals surface area contributed by atoms with Crippen LogP contribution in [0.25, 0.3) is 0 Å². The molecule has 2 aliphatic rings. The number of benzene rings is 1. The largest absolute Gasteiger partial charge is 0.490 e. The highest BCUT2D eigenvalue weighted by molar-refractivity contribution is 5.25. The van der Waals surface area contributed by atoms with E-state index in [-0.39, 0.29) is 11.5 Å². The fraction of sp³-hybridized carbons (Fsp3) is 0.600. The number of ether oxygens (including phenoxy) is 1. The summed E-state index contributed by atoms with van der Waals surface area (Å²) in [5.41, 5.74) is 0.164. The van der Waals surface area contributed by atoms with Gasteiger partial charge in [0.05, 0.1) is 0 Å². The van der Waals surface area contributed by atoms with E-state index in [1.165, 1.54) is 25.0 Å². The molecular weight excluding hydrogens is 248 g/mol. The molecule has 3 rings (SSSR count). The van der Waals surface area contributed by atoms with E-state index in [2.05, 4.69) is 5.32 Å². The van der Waals surface area contributed by atoms with E-state index in [9.17, 15) is 8.78 Å². The average molecular weight is 267 g/mol. The van der Waals surface area contributed by atoms with Gasteiger partial charge in [0, 0.05) is 36.1 Å². The summed E-state index contributed by atoms with van der Waals surface area (Å²) in [6, 6.07) is 3.87. The zero-order valence-electron chi connectivity index (χ0n) is 11.1. The molecular formula is C15H19F2NO. The third-order valence-electron chi connectivity index (χ3n) is 4.78. The van der Waals surface area contributed by atoms with Crippen LogP contribution in [0.3, 0.4) is 0 Å². The Morgan fingerprint density at radius 3 is 2.37 bits per heavy atom. The molecule has 0 saturated heterocycles. The lowest BCUT2D eigenvalue weighted by molar-refractivity contribution is -0.0738. The lowest BCUT2D eigenvalue weighted by atomic mass is 9.60. The van der Waals surface area contributed by atoms with E-state index >= 15 is 0 Å². The summed E-state index contributed by atoms with van der Waals surface area (Å²) in [7, 11) is 1.98. The van der Waals surface area contributed by atoms with E-state index in [0.29, 0.717) is 11.8 Å². The maximum absolute atomic E-state index is 13.2. The molecule has 1 aromatic rings. The standard InChI is InChI=1S/C15H19F2NO/c1-18-13-9-14(15(13)4-2-3-5-15)19-12-7-10(16)6-11(17)8-12/h6-8,13-14,18H,2-5,9H2,1H3. The van der Waals surface area contributed by atoms with Gasteiger partial charge in [-0.25, -0.2) is 8.78 Å². The van der Waals surface area contributed by atoms with E-state index in [0.717, 1.165) is 25.3 Å². The molecule has 0 bridgehead atoms. The summed E-state index contributed by atoms with van der Waals surface area (Å²) < 4.78 is 32.2. The molecule has 2 fully saturated rings. The second-order valence-electron chi connectivity index (χ2n) is 5.73. The predicted octanol–water partition coefficient (Wildman–Crippen LogP) is 3.26. The first-order valence-corrected chi connectivity index (χ1v) is 6.94. The summed E-state index contributed by atoms with van der Waals surface area (Å²) in [5, 5.41) is 3.34. The molecule has 19 heavy (non-hydrogen) atoms. The van der Waals surface area contributed by atoms with Crippen LogP contribution in [0.15, 0.2) is 18.2 Å². The van der Waals surface area contributed by atoms with Gasteiger partial charge >= 0.3 is 0 Å². The van der Waals surface area contributed by atoms with Crippen LogP contribution in [-0.4, -0.2) is 19.2 Å². The zero-order valence-corrected chi connectivity index (χ0v) is 11.1. The maximum atomic E-state index is 13.2. The summed E-state index contributed by atoms with van der Waals surface area (Å²) in [4.78, 5) is 0. The fourth-order valence-corrected chi connectivity index (χ4v) is 3.78. The van der Waals surface area contributed by atoms with Gasteiger partial charge in [-0.3, -0.25) is 0 Å². The van der Waals surface area contributed by atoms with Crippen molar-refractivity contribution in [2.24, 2.45) is 5.41 Å². The third-order valence-corrected chi connectivity index (χ3v) is 4.78. The van der Waals surface area contributed by atoms with Crippen LogP contribution in [-0.2, 0) is 0 Å². The summed E-state index contributed by atoms with van der Waals surface area (Å²) in [6.07, 6.45) is 5.70. The van der Waals surface area contributed by atoms with Crippen molar-refractivity contribution in [1.29, 1.82) is 0 Å². The first kappa shape index (κ1) is 12.9. The van der Waals surface area contributed by atoms with Crippen LogP contribution in [0.2, 0.25) is 0 Å². The topological polar surface area (TPSA) is 21.3 Å². The van der Waals surface area contributed by atoms with Crippen LogP contribution in [0.1, 0.15) is 32.1 Å². The number of rotatable bonds is 3. The number of hydrogen-bond donors (Lipinski definition) is 1. The Kier molecular flexibility index (Phi) is 3.21. The van der Waals surface area contributed by atoms with Crippen molar-refractivity contribution in [3.63, 3.8) is 0 Å². The Labute approximate surface area is 112 Å². The minimum atomic E-state index is -0.583. The van der Waals surface area contributed by atoms with Gasteiger partial charge in [-0.15, -0.1) is 0 Å². The van der Waals surface area contributed by atoms with E-state index < -0.39 is 11.6 Å². The molecule has 0 aliphatic heterocycles. The summed E-state index contributed by atoms with van der Waals surface area (Å²) >= 11 is 0. The van der Waals surface area contributed by atoms with Crippen molar-refractivity contribution >= 4 is 0 Å².